The van der Waals surface area contributed by atoms with E-state index in [2.05, 4.69) is 5.32 Å². The van der Waals surface area contributed by atoms with E-state index >= 15 is 0 Å². The number of nitrogens with zero attached hydrogens (tertiary/aromatic N) is 1. The predicted octanol–water partition coefficient (Wildman–Crippen LogP) is 1.88. The number of para-hydroxylation sites is 1. The summed E-state index contributed by atoms with van der Waals surface area (Å²) in [7, 11) is 0. The molecule has 0 fully saturated rings. The van der Waals surface area contributed by atoms with Crippen molar-refractivity contribution in [3.05, 3.63) is 29.8 Å². The van der Waals surface area contributed by atoms with E-state index in [9.17, 15) is 9.59 Å². The molecule has 0 spiro atoms. The molecule has 2 atom stereocenters. The van der Waals surface area contributed by atoms with E-state index in [4.69, 9.17) is 0 Å². The van der Waals surface area contributed by atoms with Crippen LogP contribution in [0.15, 0.2) is 24.3 Å². The zero-order valence-electron chi connectivity index (χ0n) is 11.6. The van der Waals surface area contributed by atoms with Crippen LogP contribution in [0.3, 0.4) is 0 Å². The monoisotopic (exact) mass is 260 g/mol. The molecule has 0 bridgehead atoms. The van der Waals surface area contributed by atoms with E-state index in [1.54, 1.807) is 4.90 Å². The minimum absolute atomic E-state index is 0.0182. The molecule has 1 aliphatic rings. The second kappa shape index (κ2) is 5.43. The highest BCUT2D eigenvalue weighted by atomic mass is 16.2. The summed E-state index contributed by atoms with van der Waals surface area (Å²) in [5.41, 5.74) is 1.99. The van der Waals surface area contributed by atoms with Crippen molar-refractivity contribution in [2.45, 2.75) is 45.7 Å². The Kier molecular flexibility index (Phi) is 3.88. The molecule has 2 rings (SSSR count). The van der Waals surface area contributed by atoms with Crippen LogP contribution in [0.4, 0.5) is 5.69 Å². The highest BCUT2D eigenvalue weighted by Gasteiger charge is 2.34. The van der Waals surface area contributed by atoms with Crippen molar-refractivity contribution in [1.82, 2.24) is 5.32 Å². The highest BCUT2D eigenvalue weighted by Crippen LogP contribution is 2.31. The number of carbonyl (C=O) groups is 2. The van der Waals surface area contributed by atoms with Crippen molar-refractivity contribution in [1.29, 1.82) is 0 Å². The van der Waals surface area contributed by atoms with Gasteiger partial charge >= 0.3 is 11.8 Å². The van der Waals surface area contributed by atoms with E-state index in [-0.39, 0.29) is 12.1 Å². The van der Waals surface area contributed by atoms with Gasteiger partial charge in [-0.2, -0.15) is 0 Å². The molecule has 1 aromatic carbocycles. The molecule has 4 nitrogen and oxygen atoms in total. The summed E-state index contributed by atoms with van der Waals surface area (Å²) in [4.78, 5) is 25.8. The quantitative estimate of drug-likeness (QED) is 0.825. The lowest BCUT2D eigenvalue weighted by atomic mass is 10.1. The molecule has 2 amide bonds. The fraction of sp³-hybridized carbons (Fsp3) is 0.467. The van der Waals surface area contributed by atoms with Crippen molar-refractivity contribution in [2.24, 2.45) is 0 Å². The maximum absolute atomic E-state index is 12.3. The van der Waals surface area contributed by atoms with Crippen LogP contribution >= 0.6 is 0 Å². The predicted molar refractivity (Wildman–Crippen MR) is 75.0 cm³/mol. The second-order valence-corrected chi connectivity index (χ2v) is 5.14. The van der Waals surface area contributed by atoms with Gasteiger partial charge in [-0.3, -0.25) is 9.59 Å². The molecule has 0 aromatic heterocycles. The van der Waals surface area contributed by atoms with Crippen LogP contribution < -0.4 is 10.2 Å². The van der Waals surface area contributed by atoms with Crippen LogP contribution in [0, 0.1) is 0 Å². The van der Waals surface area contributed by atoms with Gasteiger partial charge in [-0.15, -0.1) is 0 Å². The number of rotatable bonds is 2. The molecular formula is C15H20N2O2. The maximum Gasteiger partial charge on any atom is 0.316 e. The Morgan fingerprint density at radius 1 is 1.42 bits per heavy atom. The van der Waals surface area contributed by atoms with Crippen molar-refractivity contribution in [3.63, 3.8) is 0 Å². The number of nitrogens with one attached hydrogen (secondary N) is 1. The first-order valence-electron chi connectivity index (χ1n) is 6.76. The molecule has 1 aromatic rings. The summed E-state index contributed by atoms with van der Waals surface area (Å²) in [6.07, 6.45) is 1.61. The molecule has 0 saturated carbocycles. The SMILES string of the molecule is CCC(C)NC(=O)C(=O)N1c2ccccc2CC1C. The number of hydrogen-bond donors (Lipinski definition) is 1. The molecule has 1 N–H and O–H groups in total. The Morgan fingerprint density at radius 3 is 2.79 bits per heavy atom. The van der Waals surface area contributed by atoms with E-state index in [1.165, 1.54) is 0 Å². The lowest BCUT2D eigenvalue weighted by Crippen LogP contribution is -2.47. The van der Waals surface area contributed by atoms with Gasteiger partial charge in [0.15, 0.2) is 0 Å². The normalized spacial score (nSPS) is 18.9. The zero-order valence-corrected chi connectivity index (χ0v) is 11.6. The van der Waals surface area contributed by atoms with Gasteiger partial charge in [0.25, 0.3) is 0 Å². The first-order chi connectivity index (χ1) is 9.04. The average Bonchev–Trinajstić information content (AvgIpc) is 2.73. The Labute approximate surface area is 113 Å². The summed E-state index contributed by atoms with van der Waals surface area (Å²) < 4.78 is 0. The lowest BCUT2D eigenvalue weighted by molar-refractivity contribution is -0.138. The number of carbonyl (C=O) groups excluding carboxylic acids is 2. The van der Waals surface area contributed by atoms with Crippen molar-refractivity contribution in [2.75, 3.05) is 4.90 Å². The molecule has 1 heterocycles. The molecule has 102 valence electrons. The van der Waals surface area contributed by atoms with Crippen LogP contribution in [0.1, 0.15) is 32.8 Å². The maximum atomic E-state index is 12.3. The number of hydrogen-bond acceptors (Lipinski definition) is 2. The van der Waals surface area contributed by atoms with E-state index in [0.29, 0.717) is 0 Å². The number of fused-ring (bicyclic) bond motifs is 1. The van der Waals surface area contributed by atoms with Gasteiger partial charge in [-0.1, -0.05) is 25.1 Å². The molecule has 0 saturated heterocycles. The Bertz CT molecular complexity index is 499. The molecular weight excluding hydrogens is 240 g/mol. The minimum Gasteiger partial charge on any atom is -0.345 e. The minimum atomic E-state index is -0.516. The fourth-order valence-corrected chi connectivity index (χ4v) is 2.37. The van der Waals surface area contributed by atoms with Crippen LogP contribution in [0.5, 0.6) is 0 Å². The Hall–Kier alpha value is -1.84. The lowest BCUT2D eigenvalue weighted by Gasteiger charge is -2.22. The average molecular weight is 260 g/mol. The van der Waals surface area contributed by atoms with Gasteiger partial charge in [-0.05, 0) is 38.3 Å². The third-order valence-corrected chi connectivity index (χ3v) is 3.61. The first kappa shape index (κ1) is 13.6. The summed E-state index contributed by atoms with van der Waals surface area (Å²) in [6, 6.07) is 7.80. The standard InChI is InChI=1S/C15H20N2O2/c1-4-10(2)16-14(18)15(19)17-11(3)9-12-7-5-6-8-13(12)17/h5-8,10-11H,4,9H2,1-3H3,(H,16,18). The smallest absolute Gasteiger partial charge is 0.316 e. The highest BCUT2D eigenvalue weighted by molar-refractivity contribution is 6.40. The molecule has 19 heavy (non-hydrogen) atoms. The van der Waals surface area contributed by atoms with Gasteiger partial charge in [0.2, 0.25) is 0 Å². The van der Waals surface area contributed by atoms with E-state index in [0.717, 1.165) is 24.1 Å². The molecule has 2 unspecified atom stereocenters. The van der Waals surface area contributed by atoms with Gasteiger partial charge in [0, 0.05) is 17.8 Å². The first-order valence-corrected chi connectivity index (χ1v) is 6.76. The summed E-state index contributed by atoms with van der Waals surface area (Å²) in [5.74, 6) is -0.976. The third kappa shape index (κ3) is 2.62. The molecule has 4 heteroatoms. The Morgan fingerprint density at radius 2 is 2.11 bits per heavy atom. The summed E-state index contributed by atoms with van der Waals surface area (Å²) >= 11 is 0. The van der Waals surface area contributed by atoms with E-state index in [1.807, 2.05) is 45.0 Å². The summed E-state index contributed by atoms with van der Waals surface area (Å²) in [5, 5.41) is 2.73. The number of anilines is 1. The van der Waals surface area contributed by atoms with Crippen LogP contribution in [-0.4, -0.2) is 23.9 Å². The summed E-state index contributed by atoms with van der Waals surface area (Å²) in [6.45, 7) is 5.84. The fourth-order valence-electron chi connectivity index (χ4n) is 2.37. The van der Waals surface area contributed by atoms with Gasteiger partial charge in [0.05, 0.1) is 0 Å². The molecule has 0 aliphatic carbocycles. The van der Waals surface area contributed by atoms with Crippen molar-refractivity contribution >= 4 is 17.5 Å². The molecule has 1 aliphatic heterocycles. The topological polar surface area (TPSA) is 49.4 Å². The van der Waals surface area contributed by atoms with Crippen molar-refractivity contribution < 1.29 is 9.59 Å². The van der Waals surface area contributed by atoms with Crippen LogP contribution in [0.25, 0.3) is 0 Å². The van der Waals surface area contributed by atoms with Crippen LogP contribution in [0.2, 0.25) is 0 Å². The third-order valence-electron chi connectivity index (χ3n) is 3.61. The van der Waals surface area contributed by atoms with Crippen molar-refractivity contribution in [3.8, 4) is 0 Å². The number of benzene rings is 1. The largest absolute Gasteiger partial charge is 0.345 e. The molecule has 0 radical (unpaired) electrons. The van der Waals surface area contributed by atoms with Gasteiger partial charge < -0.3 is 10.2 Å². The zero-order chi connectivity index (χ0) is 14.0. The van der Waals surface area contributed by atoms with E-state index < -0.39 is 11.8 Å². The van der Waals surface area contributed by atoms with Gasteiger partial charge in [-0.25, -0.2) is 0 Å². The van der Waals surface area contributed by atoms with Crippen LogP contribution in [-0.2, 0) is 16.0 Å². The number of amides is 2. The Balaban J connectivity index is 2.18. The van der Waals surface area contributed by atoms with Gasteiger partial charge in [0.1, 0.15) is 0 Å². The second-order valence-electron chi connectivity index (χ2n) is 5.14.